The van der Waals surface area contributed by atoms with Crippen LogP contribution in [0.1, 0.15) is 113 Å². The molecular formula is C30H48O2. The van der Waals surface area contributed by atoms with Crippen molar-refractivity contribution < 1.29 is 9.53 Å². The van der Waals surface area contributed by atoms with Crippen LogP contribution in [0.15, 0.2) is 0 Å². The fourth-order valence-electron chi connectivity index (χ4n) is 11.8. The summed E-state index contributed by atoms with van der Waals surface area (Å²) in [5, 5.41) is 0. The van der Waals surface area contributed by atoms with Gasteiger partial charge in [-0.1, -0.05) is 48.5 Å². The van der Waals surface area contributed by atoms with E-state index in [2.05, 4.69) is 48.5 Å². The minimum absolute atomic E-state index is 0.136. The maximum atomic E-state index is 12.9. The molecule has 2 heteroatoms. The average Bonchev–Trinajstić information content (AvgIpc) is 3.05. The highest BCUT2D eigenvalue weighted by molar-refractivity contribution is 5.85. The Kier molecular flexibility index (Phi) is 4.31. The summed E-state index contributed by atoms with van der Waals surface area (Å²) in [6.07, 6.45) is 13.3. The van der Waals surface area contributed by atoms with Crippen molar-refractivity contribution in [2.75, 3.05) is 6.61 Å². The standard InChI is InChI=1S/C30H48O2/c1-25(2)14-16-30-17-15-28(6)19(23(30)24(25)32-18-30)8-9-21-27(5)12-11-22(31)26(3,4)20(27)10-13-29(21,28)7/h19-21,23-24H,8-18H2,1-7H3/t19-,20+,21-,23+,24-,27-,28-,29-,30+/m1/s1. The molecule has 6 aliphatic rings. The summed E-state index contributed by atoms with van der Waals surface area (Å²) in [7, 11) is 0. The van der Waals surface area contributed by atoms with Crippen LogP contribution in [0.3, 0.4) is 0 Å². The van der Waals surface area contributed by atoms with Gasteiger partial charge in [0.25, 0.3) is 0 Å². The second-order valence-electron chi connectivity index (χ2n) is 15.4. The second kappa shape index (κ2) is 6.24. The van der Waals surface area contributed by atoms with Crippen molar-refractivity contribution in [1.29, 1.82) is 0 Å². The van der Waals surface area contributed by atoms with Crippen LogP contribution in [-0.4, -0.2) is 18.5 Å². The highest BCUT2D eigenvalue weighted by atomic mass is 16.5. The summed E-state index contributed by atoms with van der Waals surface area (Å²) in [5.74, 6) is 3.46. The van der Waals surface area contributed by atoms with E-state index in [-0.39, 0.29) is 5.41 Å². The summed E-state index contributed by atoms with van der Waals surface area (Å²) in [6.45, 7) is 18.6. The van der Waals surface area contributed by atoms with Crippen LogP contribution in [0.5, 0.6) is 0 Å². The third-order valence-electron chi connectivity index (χ3n) is 13.9. The van der Waals surface area contributed by atoms with Crippen LogP contribution in [0.2, 0.25) is 0 Å². The Morgan fingerprint density at radius 3 is 2.22 bits per heavy atom. The SMILES string of the molecule is CC1(C)CC[C@@]23CC[C@]4(C)[C@H](CC[C@@H]5[C@]6(C)CCC(=O)C(C)(C)[C@@H]6CC[C@]54C)[C@H]2[C@H]1OC3. The first kappa shape index (κ1) is 22.1. The van der Waals surface area contributed by atoms with Crippen LogP contribution < -0.4 is 0 Å². The Labute approximate surface area is 197 Å². The summed E-state index contributed by atoms with van der Waals surface area (Å²) >= 11 is 0. The summed E-state index contributed by atoms with van der Waals surface area (Å²) in [6, 6.07) is 0. The molecule has 6 fully saturated rings. The molecule has 0 aromatic carbocycles. The van der Waals surface area contributed by atoms with E-state index in [1.807, 2.05) is 0 Å². The van der Waals surface area contributed by atoms with Gasteiger partial charge >= 0.3 is 0 Å². The van der Waals surface area contributed by atoms with Crippen LogP contribution >= 0.6 is 0 Å². The van der Waals surface area contributed by atoms with E-state index in [9.17, 15) is 4.79 Å². The van der Waals surface area contributed by atoms with E-state index < -0.39 is 0 Å². The van der Waals surface area contributed by atoms with Crippen molar-refractivity contribution in [3.05, 3.63) is 0 Å². The molecule has 1 saturated heterocycles. The molecule has 5 aliphatic carbocycles. The quantitative estimate of drug-likeness (QED) is 0.391. The van der Waals surface area contributed by atoms with E-state index in [4.69, 9.17) is 4.74 Å². The smallest absolute Gasteiger partial charge is 0.138 e. The fraction of sp³-hybridized carbons (Fsp3) is 0.967. The molecule has 2 nitrogen and oxygen atoms in total. The predicted molar refractivity (Wildman–Crippen MR) is 129 cm³/mol. The Hall–Kier alpha value is -0.370. The minimum Gasteiger partial charge on any atom is -0.377 e. The molecule has 180 valence electrons. The maximum Gasteiger partial charge on any atom is 0.138 e. The maximum absolute atomic E-state index is 12.9. The average molecular weight is 441 g/mol. The summed E-state index contributed by atoms with van der Waals surface area (Å²) in [4.78, 5) is 12.9. The van der Waals surface area contributed by atoms with Gasteiger partial charge in [-0.2, -0.15) is 0 Å². The number of hydrogen-bond donors (Lipinski definition) is 0. The normalized spacial score (nSPS) is 57.7. The summed E-state index contributed by atoms with van der Waals surface area (Å²) in [5.41, 5.74) is 1.83. The van der Waals surface area contributed by atoms with Gasteiger partial charge in [0.05, 0.1) is 12.7 Å². The number of Topliss-reactive ketones (excluding diaryl/α,β-unsaturated/α-hetero) is 1. The van der Waals surface area contributed by atoms with Gasteiger partial charge in [-0.25, -0.2) is 0 Å². The van der Waals surface area contributed by atoms with Crippen molar-refractivity contribution >= 4 is 5.78 Å². The first-order valence-electron chi connectivity index (χ1n) is 14.0. The summed E-state index contributed by atoms with van der Waals surface area (Å²) < 4.78 is 6.70. The Morgan fingerprint density at radius 1 is 0.750 bits per heavy atom. The van der Waals surface area contributed by atoms with Crippen molar-refractivity contribution in [3.8, 4) is 0 Å². The van der Waals surface area contributed by atoms with E-state index in [0.717, 1.165) is 37.2 Å². The number of rotatable bonds is 0. The van der Waals surface area contributed by atoms with Crippen LogP contribution in [0.4, 0.5) is 0 Å². The lowest BCUT2D eigenvalue weighted by molar-refractivity contribution is -0.239. The van der Waals surface area contributed by atoms with Crippen LogP contribution in [-0.2, 0) is 9.53 Å². The molecule has 0 aromatic heterocycles. The zero-order valence-corrected chi connectivity index (χ0v) is 22.0. The number of hydrogen-bond acceptors (Lipinski definition) is 2. The lowest BCUT2D eigenvalue weighted by Gasteiger charge is -2.72. The lowest BCUT2D eigenvalue weighted by Crippen LogP contribution is -2.67. The van der Waals surface area contributed by atoms with Crippen molar-refractivity contribution in [1.82, 2.24) is 0 Å². The van der Waals surface area contributed by atoms with Gasteiger partial charge in [-0.05, 0) is 109 Å². The third-order valence-corrected chi connectivity index (χ3v) is 13.9. The first-order chi connectivity index (χ1) is 14.8. The van der Waals surface area contributed by atoms with Gasteiger partial charge in [0.2, 0.25) is 0 Å². The highest BCUT2D eigenvalue weighted by Gasteiger charge is 2.72. The van der Waals surface area contributed by atoms with Crippen molar-refractivity contribution in [2.24, 2.45) is 56.2 Å². The molecule has 0 N–H and O–H groups in total. The van der Waals surface area contributed by atoms with E-state index in [1.165, 1.54) is 51.4 Å². The molecule has 32 heavy (non-hydrogen) atoms. The van der Waals surface area contributed by atoms with E-state index in [0.29, 0.717) is 44.9 Å². The third kappa shape index (κ3) is 2.35. The number of carbonyl (C=O) groups excluding carboxylic acids is 1. The number of fused-ring (bicyclic) bond motifs is 5. The number of ether oxygens (including phenoxy) is 1. The van der Waals surface area contributed by atoms with Gasteiger partial charge in [0, 0.05) is 11.8 Å². The zero-order chi connectivity index (χ0) is 22.9. The molecule has 6 rings (SSSR count). The molecule has 2 bridgehead atoms. The molecule has 5 saturated carbocycles. The Bertz CT molecular complexity index is 842. The molecule has 0 spiro atoms. The molecule has 0 radical (unpaired) electrons. The van der Waals surface area contributed by atoms with Crippen molar-refractivity contribution in [2.45, 2.75) is 119 Å². The van der Waals surface area contributed by atoms with Gasteiger partial charge in [0.1, 0.15) is 5.78 Å². The van der Waals surface area contributed by atoms with Crippen LogP contribution in [0.25, 0.3) is 0 Å². The molecule has 0 unspecified atom stereocenters. The molecule has 1 heterocycles. The molecule has 1 aliphatic heterocycles. The lowest BCUT2D eigenvalue weighted by atomic mass is 9.31. The zero-order valence-electron chi connectivity index (χ0n) is 22.0. The molecule has 0 aromatic rings. The molecular weight excluding hydrogens is 392 g/mol. The molecule has 0 amide bonds. The van der Waals surface area contributed by atoms with Gasteiger partial charge in [-0.3, -0.25) is 4.79 Å². The Morgan fingerprint density at radius 2 is 1.47 bits per heavy atom. The predicted octanol–water partition coefficient (Wildman–Crippen LogP) is 7.45. The van der Waals surface area contributed by atoms with E-state index >= 15 is 0 Å². The van der Waals surface area contributed by atoms with E-state index in [1.54, 1.807) is 0 Å². The Balaban J connectivity index is 1.40. The topological polar surface area (TPSA) is 26.3 Å². The van der Waals surface area contributed by atoms with Crippen LogP contribution in [0, 0.1) is 56.2 Å². The monoisotopic (exact) mass is 440 g/mol. The van der Waals surface area contributed by atoms with Crippen molar-refractivity contribution in [3.63, 3.8) is 0 Å². The first-order valence-corrected chi connectivity index (χ1v) is 14.0. The largest absolute Gasteiger partial charge is 0.377 e. The van der Waals surface area contributed by atoms with Gasteiger partial charge in [-0.15, -0.1) is 0 Å². The second-order valence-corrected chi connectivity index (χ2v) is 15.4. The van der Waals surface area contributed by atoms with Gasteiger partial charge < -0.3 is 4.74 Å². The number of ketones is 1. The minimum atomic E-state index is -0.136. The number of carbonyl (C=O) groups is 1. The molecule has 9 atom stereocenters. The fourth-order valence-corrected chi connectivity index (χ4v) is 11.8. The van der Waals surface area contributed by atoms with Gasteiger partial charge in [0.15, 0.2) is 0 Å². The highest BCUT2D eigenvalue weighted by Crippen LogP contribution is 2.77.